The number of rotatable bonds is 6. The van der Waals surface area contributed by atoms with Gasteiger partial charge in [0.05, 0.1) is 6.10 Å². The third-order valence-corrected chi connectivity index (χ3v) is 2.76. The first-order chi connectivity index (χ1) is 8.78. The van der Waals surface area contributed by atoms with E-state index >= 15 is 0 Å². The van der Waals surface area contributed by atoms with Crippen molar-refractivity contribution in [1.82, 2.24) is 9.97 Å². The Kier molecular flexibility index (Phi) is 4.72. The molecule has 18 heavy (non-hydrogen) atoms. The molecule has 1 atom stereocenters. The van der Waals surface area contributed by atoms with Crippen LogP contribution in [0.15, 0.2) is 6.07 Å². The summed E-state index contributed by atoms with van der Waals surface area (Å²) in [6.07, 6.45) is 2.50. The molecule has 1 aliphatic rings. The van der Waals surface area contributed by atoms with Crippen LogP contribution in [0.1, 0.15) is 25.6 Å². The first-order valence-electron chi connectivity index (χ1n) is 6.34. The number of nitrogen functional groups attached to an aromatic ring is 1. The third-order valence-electron chi connectivity index (χ3n) is 2.76. The molecule has 100 valence electrons. The number of hydrogen-bond donors (Lipinski definition) is 2. The van der Waals surface area contributed by atoms with E-state index in [1.54, 1.807) is 6.07 Å². The molecule has 6 heteroatoms. The highest BCUT2D eigenvalue weighted by atomic mass is 16.5. The molecule has 0 saturated carbocycles. The summed E-state index contributed by atoms with van der Waals surface area (Å²) < 4.78 is 10.8. The second-order valence-corrected chi connectivity index (χ2v) is 4.25. The summed E-state index contributed by atoms with van der Waals surface area (Å²) in [5.74, 6) is 1.79. The van der Waals surface area contributed by atoms with Crippen molar-refractivity contribution in [3.63, 3.8) is 0 Å². The highest BCUT2D eigenvalue weighted by molar-refractivity contribution is 5.44. The minimum absolute atomic E-state index is 0.275. The molecule has 1 fully saturated rings. The first kappa shape index (κ1) is 13.0. The van der Waals surface area contributed by atoms with E-state index in [1.165, 1.54) is 0 Å². The number of aromatic nitrogens is 2. The summed E-state index contributed by atoms with van der Waals surface area (Å²) in [6, 6.07) is 1.73. The molecule has 0 radical (unpaired) electrons. The van der Waals surface area contributed by atoms with Gasteiger partial charge in [-0.25, -0.2) is 9.97 Å². The van der Waals surface area contributed by atoms with Crippen molar-refractivity contribution in [2.24, 2.45) is 0 Å². The highest BCUT2D eigenvalue weighted by Crippen LogP contribution is 2.14. The van der Waals surface area contributed by atoms with E-state index in [1.807, 2.05) is 6.92 Å². The fourth-order valence-electron chi connectivity index (χ4n) is 1.89. The second-order valence-electron chi connectivity index (χ2n) is 4.25. The molecule has 1 aromatic heterocycles. The molecule has 1 unspecified atom stereocenters. The summed E-state index contributed by atoms with van der Waals surface area (Å²) in [5.41, 5.74) is 5.74. The van der Waals surface area contributed by atoms with Crippen LogP contribution in [0.2, 0.25) is 0 Å². The number of hydrogen-bond acceptors (Lipinski definition) is 6. The Bertz CT molecular complexity index is 380. The Labute approximate surface area is 107 Å². The molecule has 1 saturated heterocycles. The monoisotopic (exact) mass is 252 g/mol. The molecule has 3 N–H and O–H groups in total. The predicted molar refractivity (Wildman–Crippen MR) is 69.2 cm³/mol. The van der Waals surface area contributed by atoms with Gasteiger partial charge in [0, 0.05) is 25.8 Å². The molecule has 0 amide bonds. The Morgan fingerprint density at radius 2 is 2.44 bits per heavy atom. The molecule has 1 aromatic rings. The molecular weight excluding hydrogens is 232 g/mol. The van der Waals surface area contributed by atoms with E-state index in [9.17, 15) is 0 Å². The van der Waals surface area contributed by atoms with Crippen molar-refractivity contribution in [2.75, 3.05) is 30.8 Å². The van der Waals surface area contributed by atoms with Crippen molar-refractivity contribution in [3.05, 3.63) is 11.9 Å². The van der Waals surface area contributed by atoms with Gasteiger partial charge in [0.25, 0.3) is 0 Å². The number of ether oxygens (including phenoxy) is 2. The molecular formula is C12H20N4O2. The van der Waals surface area contributed by atoms with Gasteiger partial charge in [0.2, 0.25) is 0 Å². The maximum atomic E-state index is 5.74. The maximum absolute atomic E-state index is 5.74. The minimum Gasteiger partial charge on any atom is -0.384 e. The van der Waals surface area contributed by atoms with Crippen LogP contribution in [-0.4, -0.2) is 35.8 Å². The SMILES string of the molecule is CCOCc1nc(N)cc(NCC2CCCO2)n1. The number of nitrogens with two attached hydrogens (primary N) is 1. The van der Waals surface area contributed by atoms with Crippen molar-refractivity contribution < 1.29 is 9.47 Å². The molecule has 0 aliphatic carbocycles. The van der Waals surface area contributed by atoms with Crippen molar-refractivity contribution >= 4 is 11.6 Å². The fraction of sp³-hybridized carbons (Fsp3) is 0.667. The zero-order valence-electron chi connectivity index (χ0n) is 10.7. The van der Waals surface area contributed by atoms with Gasteiger partial charge < -0.3 is 20.5 Å². The van der Waals surface area contributed by atoms with Gasteiger partial charge in [-0.3, -0.25) is 0 Å². The van der Waals surface area contributed by atoms with Crippen molar-refractivity contribution in [3.8, 4) is 0 Å². The van der Waals surface area contributed by atoms with Gasteiger partial charge in [-0.15, -0.1) is 0 Å². The summed E-state index contributed by atoms with van der Waals surface area (Å²) in [5, 5.41) is 3.23. The van der Waals surface area contributed by atoms with Gasteiger partial charge in [-0.2, -0.15) is 0 Å². The van der Waals surface area contributed by atoms with Gasteiger partial charge in [-0.05, 0) is 19.8 Å². The maximum Gasteiger partial charge on any atom is 0.158 e. The Balaban J connectivity index is 1.91. The minimum atomic E-state index is 0.275. The number of nitrogens with one attached hydrogen (secondary N) is 1. The van der Waals surface area contributed by atoms with E-state index in [-0.39, 0.29) is 6.10 Å². The summed E-state index contributed by atoms with van der Waals surface area (Å²) in [7, 11) is 0. The van der Waals surface area contributed by atoms with Crippen LogP contribution in [0.5, 0.6) is 0 Å². The smallest absolute Gasteiger partial charge is 0.158 e. The largest absolute Gasteiger partial charge is 0.384 e. The van der Waals surface area contributed by atoms with Crippen LogP contribution in [0.4, 0.5) is 11.6 Å². The topological polar surface area (TPSA) is 82.3 Å². The zero-order valence-corrected chi connectivity index (χ0v) is 10.7. The molecule has 1 aliphatic heterocycles. The van der Waals surface area contributed by atoms with E-state index in [4.69, 9.17) is 15.2 Å². The van der Waals surface area contributed by atoms with E-state index < -0.39 is 0 Å². The van der Waals surface area contributed by atoms with Crippen LogP contribution >= 0.6 is 0 Å². The zero-order chi connectivity index (χ0) is 12.8. The first-order valence-corrected chi connectivity index (χ1v) is 6.34. The molecule has 2 rings (SSSR count). The van der Waals surface area contributed by atoms with Crippen molar-refractivity contribution in [1.29, 1.82) is 0 Å². The molecule has 0 aromatic carbocycles. The lowest BCUT2D eigenvalue weighted by Gasteiger charge is -2.12. The van der Waals surface area contributed by atoms with E-state index in [2.05, 4.69) is 15.3 Å². The molecule has 6 nitrogen and oxygen atoms in total. The molecule has 0 bridgehead atoms. The number of anilines is 2. The average Bonchev–Trinajstić information content (AvgIpc) is 2.86. The van der Waals surface area contributed by atoms with Crippen molar-refractivity contribution in [2.45, 2.75) is 32.5 Å². The van der Waals surface area contributed by atoms with Crippen LogP contribution in [-0.2, 0) is 16.1 Å². The Morgan fingerprint density at radius 1 is 1.56 bits per heavy atom. The Hall–Kier alpha value is -1.40. The van der Waals surface area contributed by atoms with Gasteiger partial charge in [-0.1, -0.05) is 0 Å². The lowest BCUT2D eigenvalue weighted by molar-refractivity contribution is 0.120. The van der Waals surface area contributed by atoms with Crippen LogP contribution < -0.4 is 11.1 Å². The molecule has 0 spiro atoms. The standard InChI is InChI=1S/C12H20N4O2/c1-2-17-8-12-15-10(13)6-11(16-12)14-7-9-4-3-5-18-9/h6,9H,2-5,7-8H2,1H3,(H3,13,14,15,16). The third kappa shape index (κ3) is 3.82. The summed E-state index contributed by atoms with van der Waals surface area (Å²) in [6.45, 7) is 4.56. The highest BCUT2D eigenvalue weighted by Gasteiger charge is 2.15. The fourth-order valence-corrected chi connectivity index (χ4v) is 1.89. The quantitative estimate of drug-likeness (QED) is 0.791. The lowest BCUT2D eigenvalue weighted by Crippen LogP contribution is -2.19. The van der Waals surface area contributed by atoms with Gasteiger partial charge in [0.1, 0.15) is 18.2 Å². The van der Waals surface area contributed by atoms with Crippen LogP contribution in [0.3, 0.4) is 0 Å². The van der Waals surface area contributed by atoms with E-state index in [0.717, 1.165) is 31.8 Å². The van der Waals surface area contributed by atoms with Gasteiger partial charge >= 0.3 is 0 Å². The van der Waals surface area contributed by atoms with E-state index in [0.29, 0.717) is 24.9 Å². The lowest BCUT2D eigenvalue weighted by atomic mass is 10.2. The normalized spacial score (nSPS) is 19.1. The summed E-state index contributed by atoms with van der Waals surface area (Å²) in [4.78, 5) is 8.47. The average molecular weight is 252 g/mol. The number of nitrogens with zero attached hydrogens (tertiary/aromatic N) is 2. The molecule has 2 heterocycles. The predicted octanol–water partition coefficient (Wildman–Crippen LogP) is 1.19. The van der Waals surface area contributed by atoms with Crippen LogP contribution in [0, 0.1) is 0 Å². The second kappa shape index (κ2) is 6.51. The van der Waals surface area contributed by atoms with Crippen LogP contribution in [0.25, 0.3) is 0 Å². The Morgan fingerprint density at radius 3 is 3.17 bits per heavy atom. The van der Waals surface area contributed by atoms with Gasteiger partial charge in [0.15, 0.2) is 5.82 Å². The summed E-state index contributed by atoms with van der Waals surface area (Å²) >= 11 is 0.